The van der Waals surface area contributed by atoms with Gasteiger partial charge in [0.05, 0.1) is 12.5 Å². The first-order chi connectivity index (χ1) is 12.9. The first-order valence-electron chi connectivity index (χ1n) is 9.13. The van der Waals surface area contributed by atoms with Gasteiger partial charge in [-0.2, -0.15) is 0 Å². The molecule has 1 aromatic heterocycles. The summed E-state index contributed by atoms with van der Waals surface area (Å²) in [5.74, 6) is 6.96. The van der Waals surface area contributed by atoms with Crippen molar-refractivity contribution in [3.05, 3.63) is 71.0 Å². The number of fused-ring (bicyclic) bond motifs is 1. The van der Waals surface area contributed by atoms with Crippen LogP contribution in [0, 0.1) is 24.2 Å². The molecule has 0 spiro atoms. The quantitative estimate of drug-likeness (QED) is 0.470. The summed E-state index contributed by atoms with van der Waals surface area (Å²) in [4.78, 5) is 12.1. The molecule has 1 unspecified atom stereocenters. The molecular formula is C24H24O3. The van der Waals surface area contributed by atoms with Crippen LogP contribution in [0.15, 0.2) is 52.9 Å². The molecule has 3 nitrogen and oxygen atoms in total. The van der Waals surface area contributed by atoms with Crippen molar-refractivity contribution in [2.75, 3.05) is 7.11 Å². The van der Waals surface area contributed by atoms with E-state index in [0.29, 0.717) is 12.8 Å². The van der Waals surface area contributed by atoms with E-state index in [4.69, 9.17) is 9.15 Å². The maximum absolute atomic E-state index is 12.1. The molecule has 0 aliphatic rings. The van der Waals surface area contributed by atoms with Gasteiger partial charge in [0.2, 0.25) is 0 Å². The van der Waals surface area contributed by atoms with Gasteiger partial charge in [0.15, 0.2) is 0 Å². The van der Waals surface area contributed by atoms with Crippen LogP contribution in [0.3, 0.4) is 0 Å². The van der Waals surface area contributed by atoms with Crippen LogP contribution in [0.5, 0.6) is 0 Å². The molecule has 0 saturated carbocycles. The Morgan fingerprint density at radius 2 is 1.74 bits per heavy atom. The fraction of sp³-hybridized carbons (Fsp3) is 0.292. The summed E-state index contributed by atoms with van der Waals surface area (Å²) in [5.41, 5.74) is 3.36. The van der Waals surface area contributed by atoms with Crippen LogP contribution in [0.1, 0.15) is 42.7 Å². The SMILES string of the molecule is CCC(C)(Cc1cc2cc(C#Cc3ccc(C)cc3)ccc2o1)C(=O)OC. The van der Waals surface area contributed by atoms with Gasteiger partial charge in [-0.15, -0.1) is 0 Å². The molecule has 0 bridgehead atoms. The first kappa shape index (κ1) is 18.8. The standard InChI is InChI=1S/C24H24O3/c1-5-24(3,23(25)26-4)16-21-15-20-14-19(12-13-22(20)27-21)11-10-18-8-6-17(2)7-9-18/h6-9,12-15H,5,16H2,1-4H3. The van der Waals surface area contributed by atoms with Crippen LogP contribution in [-0.4, -0.2) is 13.1 Å². The van der Waals surface area contributed by atoms with Crippen molar-refractivity contribution >= 4 is 16.9 Å². The zero-order valence-corrected chi connectivity index (χ0v) is 16.3. The molecule has 3 rings (SSSR count). The topological polar surface area (TPSA) is 39.4 Å². The van der Waals surface area contributed by atoms with Gasteiger partial charge in [-0.1, -0.05) is 36.5 Å². The molecule has 0 radical (unpaired) electrons. The Hall–Kier alpha value is -2.99. The molecule has 3 heteroatoms. The minimum absolute atomic E-state index is 0.213. The van der Waals surface area contributed by atoms with Crippen LogP contribution in [0.2, 0.25) is 0 Å². The Bertz CT molecular complexity index is 1020. The monoisotopic (exact) mass is 360 g/mol. The number of esters is 1. The number of hydrogen-bond acceptors (Lipinski definition) is 3. The van der Waals surface area contributed by atoms with Gasteiger partial charge in [-0.3, -0.25) is 4.79 Å². The molecule has 138 valence electrons. The average Bonchev–Trinajstić information content (AvgIpc) is 3.07. The van der Waals surface area contributed by atoms with E-state index in [2.05, 4.69) is 30.9 Å². The van der Waals surface area contributed by atoms with Crippen LogP contribution >= 0.6 is 0 Å². The predicted molar refractivity (Wildman–Crippen MR) is 107 cm³/mol. The van der Waals surface area contributed by atoms with E-state index in [-0.39, 0.29) is 5.97 Å². The van der Waals surface area contributed by atoms with Gasteiger partial charge >= 0.3 is 5.97 Å². The van der Waals surface area contributed by atoms with Crippen LogP contribution in [0.25, 0.3) is 11.0 Å². The van der Waals surface area contributed by atoms with E-state index in [0.717, 1.165) is 27.9 Å². The number of rotatable bonds is 4. The second kappa shape index (κ2) is 7.72. The highest BCUT2D eigenvalue weighted by molar-refractivity contribution is 5.80. The molecule has 2 aromatic carbocycles. The minimum Gasteiger partial charge on any atom is -0.469 e. The minimum atomic E-state index is -0.587. The lowest BCUT2D eigenvalue weighted by molar-refractivity contribution is -0.152. The average molecular weight is 360 g/mol. The van der Waals surface area contributed by atoms with Crippen molar-refractivity contribution in [3.8, 4) is 11.8 Å². The zero-order valence-electron chi connectivity index (χ0n) is 16.3. The highest BCUT2D eigenvalue weighted by Crippen LogP contribution is 2.31. The summed E-state index contributed by atoms with van der Waals surface area (Å²) in [6.07, 6.45) is 1.19. The predicted octanol–water partition coefficient (Wildman–Crippen LogP) is 5.27. The van der Waals surface area contributed by atoms with E-state index in [1.165, 1.54) is 12.7 Å². The molecule has 3 aromatic rings. The number of furan rings is 1. The summed E-state index contributed by atoms with van der Waals surface area (Å²) in [5, 5.41) is 0.990. The number of benzene rings is 2. The Balaban J connectivity index is 1.85. The summed E-state index contributed by atoms with van der Waals surface area (Å²) < 4.78 is 10.9. The number of aryl methyl sites for hydroxylation is 1. The lowest BCUT2D eigenvalue weighted by atomic mass is 9.83. The number of ether oxygens (including phenoxy) is 1. The maximum atomic E-state index is 12.1. The van der Waals surface area contributed by atoms with Gasteiger partial charge in [-0.05, 0) is 56.7 Å². The fourth-order valence-corrected chi connectivity index (χ4v) is 3.02. The van der Waals surface area contributed by atoms with Gasteiger partial charge < -0.3 is 9.15 Å². The van der Waals surface area contributed by atoms with Crippen LogP contribution in [0.4, 0.5) is 0 Å². The van der Waals surface area contributed by atoms with E-state index in [1.807, 2.05) is 50.2 Å². The van der Waals surface area contributed by atoms with Crippen LogP contribution < -0.4 is 0 Å². The number of carbonyl (C=O) groups is 1. The number of carbonyl (C=O) groups excluding carboxylic acids is 1. The molecule has 0 N–H and O–H groups in total. The maximum Gasteiger partial charge on any atom is 0.311 e. The summed E-state index contributed by atoms with van der Waals surface area (Å²) in [7, 11) is 1.42. The Labute approximate surface area is 160 Å². The van der Waals surface area contributed by atoms with Crippen molar-refractivity contribution in [1.82, 2.24) is 0 Å². The largest absolute Gasteiger partial charge is 0.469 e. The number of hydrogen-bond donors (Lipinski definition) is 0. The van der Waals surface area contributed by atoms with Crippen molar-refractivity contribution < 1.29 is 13.9 Å². The van der Waals surface area contributed by atoms with Crippen molar-refractivity contribution in [2.24, 2.45) is 5.41 Å². The molecule has 0 amide bonds. The smallest absolute Gasteiger partial charge is 0.311 e. The first-order valence-corrected chi connectivity index (χ1v) is 9.13. The second-order valence-corrected chi connectivity index (χ2v) is 7.16. The molecule has 0 fully saturated rings. The normalized spacial score (nSPS) is 12.9. The van der Waals surface area contributed by atoms with Gasteiger partial charge in [0.25, 0.3) is 0 Å². The molecule has 0 saturated heterocycles. The van der Waals surface area contributed by atoms with Crippen LogP contribution in [-0.2, 0) is 16.0 Å². The van der Waals surface area contributed by atoms with Crippen molar-refractivity contribution in [1.29, 1.82) is 0 Å². The lowest BCUT2D eigenvalue weighted by Gasteiger charge is -2.23. The highest BCUT2D eigenvalue weighted by atomic mass is 16.5. The highest BCUT2D eigenvalue weighted by Gasteiger charge is 2.33. The van der Waals surface area contributed by atoms with Gasteiger partial charge in [-0.25, -0.2) is 0 Å². The molecule has 1 atom stereocenters. The second-order valence-electron chi connectivity index (χ2n) is 7.16. The van der Waals surface area contributed by atoms with Gasteiger partial charge in [0.1, 0.15) is 11.3 Å². The van der Waals surface area contributed by atoms with E-state index >= 15 is 0 Å². The molecule has 0 aliphatic carbocycles. The molecule has 1 heterocycles. The fourth-order valence-electron chi connectivity index (χ4n) is 3.02. The van der Waals surface area contributed by atoms with E-state index in [1.54, 1.807) is 0 Å². The van der Waals surface area contributed by atoms with Crippen molar-refractivity contribution in [2.45, 2.75) is 33.6 Å². The summed E-state index contributed by atoms with van der Waals surface area (Å²) in [6.45, 7) is 5.95. The zero-order chi connectivity index (χ0) is 19.4. The third-order valence-electron chi connectivity index (χ3n) is 4.99. The third-order valence-corrected chi connectivity index (χ3v) is 4.99. The van der Waals surface area contributed by atoms with Crippen molar-refractivity contribution in [3.63, 3.8) is 0 Å². The third kappa shape index (κ3) is 4.23. The van der Waals surface area contributed by atoms with E-state index in [9.17, 15) is 4.79 Å². The molecule has 27 heavy (non-hydrogen) atoms. The van der Waals surface area contributed by atoms with E-state index < -0.39 is 5.41 Å². The Morgan fingerprint density at radius 3 is 2.41 bits per heavy atom. The molecule has 0 aliphatic heterocycles. The summed E-state index contributed by atoms with van der Waals surface area (Å²) >= 11 is 0. The Morgan fingerprint density at radius 1 is 1.07 bits per heavy atom. The van der Waals surface area contributed by atoms with Gasteiger partial charge in [0, 0.05) is 22.9 Å². The summed E-state index contributed by atoms with van der Waals surface area (Å²) in [6, 6.07) is 16.1. The number of methoxy groups -OCH3 is 1. The Kier molecular flexibility index (Phi) is 5.37. The lowest BCUT2D eigenvalue weighted by Crippen LogP contribution is -2.30. The molecular weight excluding hydrogens is 336 g/mol.